The topological polar surface area (TPSA) is 20.3 Å². The molecule has 0 bridgehead atoms. The number of hydrogen-bond donors (Lipinski definition) is 0. The van der Waals surface area contributed by atoms with Gasteiger partial charge in [0, 0.05) is 19.0 Å². The maximum atomic E-state index is 12.2. The largest absolute Gasteiger partial charge is 0.342 e. The minimum absolute atomic E-state index is 0.370. The van der Waals surface area contributed by atoms with Crippen molar-refractivity contribution in [2.24, 2.45) is 11.8 Å². The van der Waals surface area contributed by atoms with E-state index in [0.29, 0.717) is 11.8 Å². The Bertz CT molecular complexity index is 221. The minimum atomic E-state index is 0.370. The van der Waals surface area contributed by atoms with Crippen molar-refractivity contribution < 1.29 is 4.79 Å². The Kier molecular flexibility index (Phi) is 3.66. The molecule has 0 aromatic rings. The molecule has 0 aromatic heterocycles. The fourth-order valence-electron chi connectivity index (χ4n) is 2.97. The lowest BCUT2D eigenvalue weighted by Gasteiger charge is -2.26. The summed E-state index contributed by atoms with van der Waals surface area (Å²) in [5.41, 5.74) is 0. The molecule has 1 aliphatic heterocycles. The fraction of sp³-hybridized carbons (Fsp3) is 0.923. The van der Waals surface area contributed by atoms with Gasteiger partial charge in [-0.1, -0.05) is 32.6 Å². The molecule has 2 rings (SSSR count). The number of likely N-dealkylation sites (tertiary alicyclic amines) is 1. The van der Waals surface area contributed by atoms with Crippen LogP contribution in [0, 0.1) is 11.8 Å². The van der Waals surface area contributed by atoms with Gasteiger partial charge in [-0.05, 0) is 25.2 Å². The van der Waals surface area contributed by atoms with E-state index < -0.39 is 0 Å². The van der Waals surface area contributed by atoms with Crippen LogP contribution in [0.3, 0.4) is 0 Å². The van der Waals surface area contributed by atoms with Crippen molar-refractivity contribution >= 4 is 5.91 Å². The zero-order valence-corrected chi connectivity index (χ0v) is 9.87. The van der Waals surface area contributed by atoms with Crippen LogP contribution >= 0.6 is 0 Å². The molecule has 15 heavy (non-hydrogen) atoms. The minimum Gasteiger partial charge on any atom is -0.342 e. The van der Waals surface area contributed by atoms with Gasteiger partial charge in [0.2, 0.25) is 5.91 Å². The highest BCUT2D eigenvalue weighted by atomic mass is 16.2. The Morgan fingerprint density at radius 2 is 1.93 bits per heavy atom. The van der Waals surface area contributed by atoms with E-state index in [1.54, 1.807) is 0 Å². The summed E-state index contributed by atoms with van der Waals surface area (Å²) in [7, 11) is 0. The summed E-state index contributed by atoms with van der Waals surface area (Å²) in [5, 5.41) is 0. The van der Waals surface area contributed by atoms with Crippen LogP contribution in [0.4, 0.5) is 0 Å². The average Bonchev–Trinajstić information content (AvgIpc) is 2.78. The summed E-state index contributed by atoms with van der Waals surface area (Å²) in [4.78, 5) is 14.3. The Balaban J connectivity index is 1.85. The number of rotatable bonds is 2. The summed E-state index contributed by atoms with van der Waals surface area (Å²) < 4.78 is 0. The van der Waals surface area contributed by atoms with E-state index >= 15 is 0 Å². The zero-order valence-electron chi connectivity index (χ0n) is 9.87. The Morgan fingerprint density at radius 3 is 2.53 bits per heavy atom. The molecular weight excluding hydrogens is 186 g/mol. The van der Waals surface area contributed by atoms with E-state index in [1.807, 2.05) is 0 Å². The van der Waals surface area contributed by atoms with E-state index in [1.165, 1.54) is 32.1 Å². The van der Waals surface area contributed by atoms with E-state index in [0.717, 1.165) is 31.8 Å². The van der Waals surface area contributed by atoms with Gasteiger partial charge in [0.15, 0.2) is 0 Å². The van der Waals surface area contributed by atoms with Gasteiger partial charge in [0.05, 0.1) is 0 Å². The third-order valence-corrected chi connectivity index (χ3v) is 4.13. The third kappa shape index (κ3) is 2.53. The van der Waals surface area contributed by atoms with Crippen LogP contribution in [-0.4, -0.2) is 23.9 Å². The van der Waals surface area contributed by atoms with Crippen molar-refractivity contribution in [2.45, 2.75) is 51.9 Å². The number of hydrogen-bond acceptors (Lipinski definition) is 1. The number of amides is 1. The molecule has 0 N–H and O–H groups in total. The van der Waals surface area contributed by atoms with Crippen molar-refractivity contribution in [3.63, 3.8) is 0 Å². The highest BCUT2D eigenvalue weighted by Crippen LogP contribution is 2.28. The summed E-state index contributed by atoms with van der Waals surface area (Å²) >= 11 is 0. The van der Waals surface area contributed by atoms with Gasteiger partial charge in [0.25, 0.3) is 0 Å². The fourth-order valence-corrected chi connectivity index (χ4v) is 2.97. The maximum absolute atomic E-state index is 12.2. The van der Waals surface area contributed by atoms with Crippen molar-refractivity contribution in [3.8, 4) is 0 Å². The zero-order chi connectivity index (χ0) is 10.7. The second kappa shape index (κ2) is 5.00. The van der Waals surface area contributed by atoms with Crippen molar-refractivity contribution in [1.82, 2.24) is 4.90 Å². The van der Waals surface area contributed by atoms with Gasteiger partial charge >= 0.3 is 0 Å². The molecule has 1 atom stereocenters. The Labute approximate surface area is 93.0 Å². The van der Waals surface area contributed by atoms with Gasteiger partial charge < -0.3 is 4.90 Å². The molecule has 1 saturated heterocycles. The molecule has 1 unspecified atom stereocenters. The summed E-state index contributed by atoms with van der Waals surface area (Å²) in [6, 6.07) is 0. The highest BCUT2D eigenvalue weighted by molar-refractivity contribution is 5.79. The summed E-state index contributed by atoms with van der Waals surface area (Å²) in [6.07, 6.45) is 8.62. The molecule has 0 spiro atoms. The number of carbonyl (C=O) groups excluding carboxylic acids is 1. The summed E-state index contributed by atoms with van der Waals surface area (Å²) in [6.45, 7) is 4.29. The van der Waals surface area contributed by atoms with E-state index in [-0.39, 0.29) is 0 Å². The molecule has 86 valence electrons. The lowest BCUT2D eigenvalue weighted by Crippen LogP contribution is -2.35. The maximum Gasteiger partial charge on any atom is 0.225 e. The molecule has 1 aliphatic carbocycles. The number of carbonyl (C=O) groups is 1. The monoisotopic (exact) mass is 209 g/mol. The molecule has 2 fully saturated rings. The molecule has 2 nitrogen and oxygen atoms in total. The van der Waals surface area contributed by atoms with Crippen LogP contribution in [0.5, 0.6) is 0 Å². The molecule has 2 aliphatic rings. The lowest BCUT2D eigenvalue weighted by atomic mass is 9.88. The quantitative estimate of drug-likeness (QED) is 0.685. The average molecular weight is 209 g/mol. The lowest BCUT2D eigenvalue weighted by molar-refractivity contribution is -0.135. The predicted molar refractivity (Wildman–Crippen MR) is 61.6 cm³/mol. The van der Waals surface area contributed by atoms with Gasteiger partial charge in [-0.2, -0.15) is 0 Å². The van der Waals surface area contributed by atoms with Crippen molar-refractivity contribution in [2.75, 3.05) is 13.1 Å². The van der Waals surface area contributed by atoms with Gasteiger partial charge in [0.1, 0.15) is 0 Å². The molecule has 1 heterocycles. The van der Waals surface area contributed by atoms with Crippen molar-refractivity contribution in [3.05, 3.63) is 0 Å². The second-order valence-corrected chi connectivity index (χ2v) is 5.18. The van der Waals surface area contributed by atoms with Gasteiger partial charge in [-0.3, -0.25) is 4.79 Å². The molecule has 0 radical (unpaired) electrons. The van der Waals surface area contributed by atoms with E-state index in [4.69, 9.17) is 0 Å². The van der Waals surface area contributed by atoms with Crippen LogP contribution in [0.2, 0.25) is 0 Å². The van der Waals surface area contributed by atoms with Crippen LogP contribution in [0.1, 0.15) is 51.9 Å². The first kappa shape index (κ1) is 11.0. The van der Waals surface area contributed by atoms with Crippen LogP contribution in [-0.2, 0) is 4.79 Å². The van der Waals surface area contributed by atoms with Gasteiger partial charge in [-0.15, -0.1) is 0 Å². The standard InChI is InChI=1S/C13H23NO/c1-2-11-8-9-14(10-11)13(15)12-6-4-3-5-7-12/h11-12H,2-10H2,1H3. The van der Waals surface area contributed by atoms with Gasteiger partial charge in [-0.25, -0.2) is 0 Å². The molecule has 1 amide bonds. The first-order valence-corrected chi connectivity index (χ1v) is 6.60. The van der Waals surface area contributed by atoms with Crippen molar-refractivity contribution in [1.29, 1.82) is 0 Å². The highest BCUT2D eigenvalue weighted by Gasteiger charge is 2.30. The SMILES string of the molecule is CCC1CCN(C(=O)C2CCCCC2)C1. The predicted octanol–water partition coefficient (Wildman–Crippen LogP) is 2.83. The first-order chi connectivity index (χ1) is 7.31. The normalized spacial score (nSPS) is 28.3. The van der Waals surface area contributed by atoms with E-state index in [9.17, 15) is 4.79 Å². The smallest absolute Gasteiger partial charge is 0.225 e. The molecular formula is C13H23NO. The van der Waals surface area contributed by atoms with Crippen LogP contribution < -0.4 is 0 Å². The first-order valence-electron chi connectivity index (χ1n) is 6.60. The molecule has 2 heteroatoms. The van der Waals surface area contributed by atoms with E-state index in [2.05, 4.69) is 11.8 Å². The second-order valence-electron chi connectivity index (χ2n) is 5.18. The Morgan fingerprint density at radius 1 is 1.20 bits per heavy atom. The van der Waals surface area contributed by atoms with Crippen LogP contribution in [0.15, 0.2) is 0 Å². The third-order valence-electron chi connectivity index (χ3n) is 4.13. The Hall–Kier alpha value is -0.530. The summed E-state index contributed by atoms with van der Waals surface area (Å²) in [5.74, 6) is 1.61. The molecule has 0 aromatic carbocycles. The van der Waals surface area contributed by atoms with Crippen LogP contribution in [0.25, 0.3) is 0 Å². The number of nitrogens with zero attached hydrogens (tertiary/aromatic N) is 1. The molecule has 1 saturated carbocycles.